The molecule has 4 heteroatoms. The Balaban J connectivity index is 2.26. The van der Waals surface area contributed by atoms with Crippen LogP contribution in [0.1, 0.15) is 46.0 Å². The van der Waals surface area contributed by atoms with Crippen molar-refractivity contribution in [3.05, 3.63) is 0 Å². The molecular weight excluding hydrogens is 204 g/mol. The molecule has 1 aliphatic heterocycles. The van der Waals surface area contributed by atoms with E-state index >= 15 is 0 Å². The van der Waals surface area contributed by atoms with Crippen LogP contribution < -0.4 is 11.1 Å². The molecule has 1 aliphatic rings. The molecule has 1 heterocycles. The highest BCUT2D eigenvalue weighted by atomic mass is 16.5. The van der Waals surface area contributed by atoms with Gasteiger partial charge in [0.2, 0.25) is 5.91 Å². The minimum absolute atomic E-state index is 0.0450. The highest BCUT2D eigenvalue weighted by molar-refractivity contribution is 5.81. The van der Waals surface area contributed by atoms with Crippen molar-refractivity contribution in [1.29, 1.82) is 0 Å². The van der Waals surface area contributed by atoms with Crippen LogP contribution in [-0.4, -0.2) is 30.7 Å². The normalized spacial score (nSPS) is 24.1. The van der Waals surface area contributed by atoms with Gasteiger partial charge in [-0.3, -0.25) is 4.79 Å². The van der Waals surface area contributed by atoms with Crippen molar-refractivity contribution >= 4 is 5.91 Å². The molecule has 1 rings (SSSR count). The molecule has 1 amide bonds. The second-order valence-electron chi connectivity index (χ2n) is 4.60. The predicted molar refractivity (Wildman–Crippen MR) is 64.1 cm³/mol. The Labute approximate surface area is 97.9 Å². The van der Waals surface area contributed by atoms with E-state index in [4.69, 9.17) is 10.5 Å². The highest BCUT2D eigenvalue weighted by Crippen LogP contribution is 2.15. The summed E-state index contributed by atoms with van der Waals surface area (Å²) < 4.78 is 5.52. The van der Waals surface area contributed by atoms with Gasteiger partial charge in [0.05, 0.1) is 18.2 Å². The zero-order chi connectivity index (χ0) is 12.0. The van der Waals surface area contributed by atoms with E-state index in [0.717, 1.165) is 38.7 Å². The lowest BCUT2D eigenvalue weighted by Crippen LogP contribution is -2.48. The molecule has 0 saturated carbocycles. The Kier molecular flexibility index (Phi) is 5.77. The summed E-state index contributed by atoms with van der Waals surface area (Å²) in [6, 6.07) is -0.300. The van der Waals surface area contributed by atoms with E-state index in [1.165, 1.54) is 0 Å². The van der Waals surface area contributed by atoms with Gasteiger partial charge in [0, 0.05) is 6.61 Å². The van der Waals surface area contributed by atoms with Gasteiger partial charge in [-0.1, -0.05) is 19.8 Å². The first-order valence-corrected chi connectivity index (χ1v) is 6.32. The average Bonchev–Trinajstić information content (AvgIpc) is 2.79. The number of carbonyl (C=O) groups excluding carboxylic acids is 1. The predicted octanol–water partition coefficient (Wildman–Crippen LogP) is 1.19. The summed E-state index contributed by atoms with van der Waals surface area (Å²) in [6.45, 7) is 4.90. The molecule has 3 unspecified atom stereocenters. The van der Waals surface area contributed by atoms with E-state index in [1.807, 2.05) is 6.92 Å². The van der Waals surface area contributed by atoms with Gasteiger partial charge < -0.3 is 15.8 Å². The standard InChI is InChI=1S/C12H24N2O2/c1-3-4-6-10(13)12(15)14-9(2)11-7-5-8-16-11/h9-11H,3-8,13H2,1-2H3,(H,14,15). The second-order valence-corrected chi connectivity index (χ2v) is 4.60. The molecule has 3 N–H and O–H groups in total. The first kappa shape index (κ1) is 13.5. The maximum absolute atomic E-state index is 11.7. The summed E-state index contributed by atoms with van der Waals surface area (Å²) in [6.07, 6.45) is 5.13. The quantitative estimate of drug-likeness (QED) is 0.717. The van der Waals surface area contributed by atoms with Gasteiger partial charge in [0.15, 0.2) is 0 Å². The van der Waals surface area contributed by atoms with Crippen LogP contribution in [0.4, 0.5) is 0 Å². The molecule has 94 valence electrons. The van der Waals surface area contributed by atoms with E-state index in [1.54, 1.807) is 0 Å². The van der Waals surface area contributed by atoms with Crippen molar-refractivity contribution in [1.82, 2.24) is 5.32 Å². The van der Waals surface area contributed by atoms with Gasteiger partial charge in [0.25, 0.3) is 0 Å². The van der Waals surface area contributed by atoms with E-state index in [-0.39, 0.29) is 24.1 Å². The second kappa shape index (κ2) is 6.86. The van der Waals surface area contributed by atoms with Crippen molar-refractivity contribution in [3.63, 3.8) is 0 Å². The number of unbranched alkanes of at least 4 members (excludes halogenated alkanes) is 1. The largest absolute Gasteiger partial charge is 0.376 e. The molecule has 0 aromatic carbocycles. The van der Waals surface area contributed by atoms with E-state index in [2.05, 4.69) is 12.2 Å². The van der Waals surface area contributed by atoms with Crippen molar-refractivity contribution in [2.75, 3.05) is 6.61 Å². The zero-order valence-electron chi connectivity index (χ0n) is 10.4. The van der Waals surface area contributed by atoms with Gasteiger partial charge in [-0.15, -0.1) is 0 Å². The molecule has 0 bridgehead atoms. The fourth-order valence-corrected chi connectivity index (χ4v) is 1.98. The number of nitrogens with one attached hydrogen (secondary N) is 1. The summed E-state index contributed by atoms with van der Waals surface area (Å²) in [4.78, 5) is 11.7. The Morgan fingerprint density at radius 1 is 1.62 bits per heavy atom. The first-order chi connectivity index (χ1) is 7.65. The lowest BCUT2D eigenvalue weighted by Gasteiger charge is -2.22. The van der Waals surface area contributed by atoms with Gasteiger partial charge >= 0.3 is 0 Å². The van der Waals surface area contributed by atoms with Gasteiger partial charge in [-0.05, 0) is 26.2 Å². The van der Waals surface area contributed by atoms with E-state index in [0.29, 0.717) is 0 Å². The number of ether oxygens (including phenoxy) is 1. The van der Waals surface area contributed by atoms with Crippen molar-refractivity contribution < 1.29 is 9.53 Å². The van der Waals surface area contributed by atoms with Crippen LogP contribution in [0, 0.1) is 0 Å². The Bertz CT molecular complexity index is 215. The fourth-order valence-electron chi connectivity index (χ4n) is 1.98. The molecule has 16 heavy (non-hydrogen) atoms. The molecule has 0 spiro atoms. The van der Waals surface area contributed by atoms with Crippen LogP contribution in [0.3, 0.4) is 0 Å². The minimum atomic E-state index is -0.371. The first-order valence-electron chi connectivity index (χ1n) is 6.32. The van der Waals surface area contributed by atoms with Crippen LogP contribution >= 0.6 is 0 Å². The molecule has 0 aromatic rings. The van der Waals surface area contributed by atoms with Crippen LogP contribution in [0.2, 0.25) is 0 Å². The maximum atomic E-state index is 11.7. The summed E-state index contributed by atoms with van der Waals surface area (Å²) in [7, 11) is 0. The molecule has 4 nitrogen and oxygen atoms in total. The molecular formula is C12H24N2O2. The van der Waals surface area contributed by atoms with E-state index < -0.39 is 0 Å². The number of nitrogens with two attached hydrogens (primary N) is 1. The lowest BCUT2D eigenvalue weighted by molar-refractivity contribution is -0.124. The summed E-state index contributed by atoms with van der Waals surface area (Å²) >= 11 is 0. The van der Waals surface area contributed by atoms with E-state index in [9.17, 15) is 4.79 Å². The van der Waals surface area contributed by atoms with Crippen LogP contribution in [0.15, 0.2) is 0 Å². The molecule has 0 radical (unpaired) electrons. The Hall–Kier alpha value is -0.610. The van der Waals surface area contributed by atoms with Crippen molar-refractivity contribution in [3.8, 4) is 0 Å². The molecule has 1 saturated heterocycles. The zero-order valence-corrected chi connectivity index (χ0v) is 10.4. The minimum Gasteiger partial charge on any atom is -0.376 e. The molecule has 1 fully saturated rings. The third-order valence-electron chi connectivity index (χ3n) is 3.10. The number of rotatable bonds is 6. The maximum Gasteiger partial charge on any atom is 0.237 e. The van der Waals surface area contributed by atoms with Crippen LogP contribution in [0.25, 0.3) is 0 Å². The van der Waals surface area contributed by atoms with Crippen molar-refractivity contribution in [2.24, 2.45) is 5.73 Å². The third-order valence-corrected chi connectivity index (χ3v) is 3.10. The Morgan fingerprint density at radius 2 is 2.38 bits per heavy atom. The van der Waals surface area contributed by atoms with Crippen LogP contribution in [-0.2, 0) is 9.53 Å². The topological polar surface area (TPSA) is 64.4 Å². The van der Waals surface area contributed by atoms with Gasteiger partial charge in [-0.25, -0.2) is 0 Å². The van der Waals surface area contributed by atoms with Crippen LogP contribution in [0.5, 0.6) is 0 Å². The molecule has 0 aliphatic carbocycles. The van der Waals surface area contributed by atoms with Crippen molar-refractivity contribution in [2.45, 2.75) is 64.1 Å². The third kappa shape index (κ3) is 4.10. The average molecular weight is 228 g/mol. The molecule has 0 aromatic heterocycles. The highest BCUT2D eigenvalue weighted by Gasteiger charge is 2.25. The summed E-state index contributed by atoms with van der Waals surface area (Å²) in [5, 5.41) is 2.94. The Morgan fingerprint density at radius 3 is 2.94 bits per heavy atom. The smallest absolute Gasteiger partial charge is 0.237 e. The number of carbonyl (C=O) groups is 1. The number of hydrogen-bond donors (Lipinski definition) is 2. The number of hydrogen-bond acceptors (Lipinski definition) is 3. The monoisotopic (exact) mass is 228 g/mol. The SMILES string of the molecule is CCCCC(N)C(=O)NC(C)C1CCCO1. The summed E-state index contributed by atoms with van der Waals surface area (Å²) in [5.41, 5.74) is 5.80. The molecule has 3 atom stereocenters. The van der Waals surface area contributed by atoms with Gasteiger partial charge in [0.1, 0.15) is 0 Å². The lowest BCUT2D eigenvalue weighted by atomic mass is 10.1. The van der Waals surface area contributed by atoms with Gasteiger partial charge in [-0.2, -0.15) is 0 Å². The number of amides is 1. The fraction of sp³-hybridized carbons (Fsp3) is 0.917. The summed E-state index contributed by atoms with van der Waals surface area (Å²) in [5.74, 6) is -0.0450.